The molecule has 0 spiro atoms. The summed E-state index contributed by atoms with van der Waals surface area (Å²) < 4.78 is 16.7. The lowest BCUT2D eigenvalue weighted by atomic mass is 9.92. The van der Waals surface area contributed by atoms with Gasteiger partial charge in [0.1, 0.15) is 0 Å². The molecule has 36 heavy (non-hydrogen) atoms. The molecule has 0 saturated carbocycles. The zero-order valence-electron chi connectivity index (χ0n) is 20.1. The highest BCUT2D eigenvalue weighted by atomic mass is 16.7. The third kappa shape index (κ3) is 3.67. The van der Waals surface area contributed by atoms with E-state index in [9.17, 15) is 4.79 Å². The van der Waals surface area contributed by atoms with E-state index in [0.29, 0.717) is 28.9 Å². The number of para-hydroxylation sites is 1. The molecule has 4 aromatic rings. The fourth-order valence-corrected chi connectivity index (χ4v) is 4.59. The van der Waals surface area contributed by atoms with Gasteiger partial charge < -0.3 is 19.3 Å². The second-order valence-corrected chi connectivity index (χ2v) is 8.89. The fourth-order valence-electron chi connectivity index (χ4n) is 4.59. The van der Waals surface area contributed by atoms with E-state index >= 15 is 0 Å². The molecule has 0 fully saturated rings. The summed E-state index contributed by atoms with van der Waals surface area (Å²) in [7, 11) is 0. The molecule has 8 heteroatoms. The Morgan fingerprint density at radius 2 is 1.72 bits per heavy atom. The van der Waals surface area contributed by atoms with Gasteiger partial charge in [-0.05, 0) is 67.8 Å². The Morgan fingerprint density at radius 3 is 2.53 bits per heavy atom. The van der Waals surface area contributed by atoms with Crippen molar-refractivity contribution in [1.29, 1.82) is 0 Å². The number of ether oxygens (including phenoxy) is 2. The summed E-state index contributed by atoms with van der Waals surface area (Å²) in [6, 6.07) is 20.5. The first-order chi connectivity index (χ1) is 17.5. The number of hydrogen-bond acceptors (Lipinski definition) is 6. The number of rotatable bonds is 4. The SMILES string of the molecule is CC1=C(c2nc(-c3ccc4c(c3)OCO4)no2)C(c2ccc(C)c(C)c2)NC(=O)N1c1ccccc1. The standard InChI is InChI=1S/C28H24N4O4/c1-16-9-10-19(13-17(16)2)25-24(18(3)32(28(33)29-25)21-7-5-4-6-8-21)27-30-26(31-36-27)20-11-12-22-23(14-20)35-15-34-22/h4-14,25H,15H2,1-3H3,(H,29,33). The van der Waals surface area contributed by atoms with Gasteiger partial charge in [0.25, 0.3) is 5.89 Å². The van der Waals surface area contributed by atoms with Crippen LogP contribution >= 0.6 is 0 Å². The number of fused-ring (bicyclic) bond motifs is 1. The zero-order chi connectivity index (χ0) is 24.8. The largest absolute Gasteiger partial charge is 0.454 e. The molecule has 0 saturated heterocycles. The number of allylic oxidation sites excluding steroid dienone is 1. The summed E-state index contributed by atoms with van der Waals surface area (Å²) in [4.78, 5) is 19.7. The molecule has 1 N–H and O–H groups in total. The molecule has 180 valence electrons. The first-order valence-electron chi connectivity index (χ1n) is 11.7. The van der Waals surface area contributed by atoms with Crippen LogP contribution in [0.4, 0.5) is 10.5 Å². The molecule has 3 heterocycles. The van der Waals surface area contributed by atoms with Gasteiger partial charge in [0.15, 0.2) is 11.5 Å². The van der Waals surface area contributed by atoms with Gasteiger partial charge in [0.05, 0.1) is 17.3 Å². The lowest BCUT2D eigenvalue weighted by Crippen LogP contribution is -2.46. The van der Waals surface area contributed by atoms with E-state index in [0.717, 1.165) is 28.0 Å². The maximum atomic E-state index is 13.3. The first-order valence-corrected chi connectivity index (χ1v) is 11.7. The number of anilines is 1. The van der Waals surface area contributed by atoms with Gasteiger partial charge in [0.2, 0.25) is 12.6 Å². The molecule has 3 aromatic carbocycles. The van der Waals surface area contributed by atoms with Crippen molar-refractivity contribution in [3.8, 4) is 22.9 Å². The van der Waals surface area contributed by atoms with E-state index in [1.807, 2.05) is 61.5 Å². The Kier molecular flexibility index (Phi) is 5.21. The highest BCUT2D eigenvalue weighted by Crippen LogP contribution is 2.40. The molecule has 1 atom stereocenters. The topological polar surface area (TPSA) is 89.7 Å². The Hall–Kier alpha value is -4.59. The van der Waals surface area contributed by atoms with Crippen LogP contribution in [0.5, 0.6) is 11.5 Å². The van der Waals surface area contributed by atoms with Crippen molar-refractivity contribution in [2.45, 2.75) is 26.8 Å². The van der Waals surface area contributed by atoms with E-state index in [1.165, 1.54) is 5.56 Å². The van der Waals surface area contributed by atoms with Gasteiger partial charge >= 0.3 is 6.03 Å². The molecule has 2 aliphatic heterocycles. The summed E-state index contributed by atoms with van der Waals surface area (Å²) in [6.07, 6.45) is 0. The molecule has 2 amide bonds. The average Bonchev–Trinajstić information content (AvgIpc) is 3.55. The molecule has 8 nitrogen and oxygen atoms in total. The van der Waals surface area contributed by atoms with Crippen LogP contribution in [0.15, 0.2) is 77.0 Å². The van der Waals surface area contributed by atoms with E-state index in [-0.39, 0.29) is 12.8 Å². The van der Waals surface area contributed by atoms with Crippen LogP contribution in [0.3, 0.4) is 0 Å². The van der Waals surface area contributed by atoms with Crippen molar-refractivity contribution in [2.75, 3.05) is 11.7 Å². The predicted octanol–water partition coefficient (Wildman–Crippen LogP) is 5.78. The molecular formula is C28H24N4O4. The number of nitrogens with zero attached hydrogens (tertiary/aromatic N) is 3. The second kappa shape index (κ2) is 8.57. The van der Waals surface area contributed by atoms with Crippen LogP contribution in [0.2, 0.25) is 0 Å². The van der Waals surface area contributed by atoms with Gasteiger partial charge in [-0.3, -0.25) is 4.90 Å². The van der Waals surface area contributed by atoms with Crippen LogP contribution in [-0.4, -0.2) is 23.0 Å². The first kappa shape index (κ1) is 21.9. The Bertz CT molecular complexity index is 1510. The van der Waals surface area contributed by atoms with Crippen LogP contribution < -0.4 is 19.7 Å². The highest BCUT2D eigenvalue weighted by molar-refractivity contribution is 6.01. The Morgan fingerprint density at radius 1 is 0.917 bits per heavy atom. The zero-order valence-corrected chi connectivity index (χ0v) is 20.1. The molecule has 2 aliphatic rings. The highest BCUT2D eigenvalue weighted by Gasteiger charge is 2.36. The number of urea groups is 1. The van der Waals surface area contributed by atoms with E-state index < -0.39 is 6.04 Å². The van der Waals surface area contributed by atoms with Crippen molar-refractivity contribution in [1.82, 2.24) is 15.5 Å². The molecule has 1 unspecified atom stereocenters. The van der Waals surface area contributed by atoms with Crippen LogP contribution in [0.1, 0.15) is 35.5 Å². The third-order valence-electron chi connectivity index (χ3n) is 6.65. The number of aromatic nitrogens is 2. The van der Waals surface area contributed by atoms with Crippen LogP contribution in [-0.2, 0) is 0 Å². The van der Waals surface area contributed by atoms with E-state index in [1.54, 1.807) is 4.90 Å². The molecule has 0 bridgehead atoms. The Balaban J connectivity index is 1.48. The van der Waals surface area contributed by atoms with E-state index in [4.69, 9.17) is 19.0 Å². The normalized spacial score (nSPS) is 16.9. The molecule has 0 radical (unpaired) electrons. The number of aryl methyl sites for hydroxylation is 2. The minimum atomic E-state index is -0.457. The van der Waals surface area contributed by atoms with Crippen molar-refractivity contribution in [3.63, 3.8) is 0 Å². The van der Waals surface area contributed by atoms with Gasteiger partial charge in [-0.1, -0.05) is 41.6 Å². The number of carbonyl (C=O) groups excluding carboxylic acids is 1. The number of amides is 2. The predicted molar refractivity (Wildman–Crippen MR) is 135 cm³/mol. The molecular weight excluding hydrogens is 456 g/mol. The molecule has 0 aliphatic carbocycles. The lowest BCUT2D eigenvalue weighted by Gasteiger charge is -2.35. The number of benzene rings is 3. The van der Waals surface area contributed by atoms with E-state index in [2.05, 4.69) is 36.5 Å². The van der Waals surface area contributed by atoms with Crippen molar-refractivity contribution < 1.29 is 18.8 Å². The maximum Gasteiger partial charge on any atom is 0.326 e. The summed E-state index contributed by atoms with van der Waals surface area (Å²) in [6.45, 7) is 6.21. The minimum absolute atomic E-state index is 0.190. The number of hydrogen-bond donors (Lipinski definition) is 1. The summed E-state index contributed by atoms with van der Waals surface area (Å²) in [5, 5.41) is 7.41. The molecule has 1 aromatic heterocycles. The van der Waals surface area contributed by atoms with Gasteiger partial charge in [-0.25, -0.2) is 4.79 Å². The minimum Gasteiger partial charge on any atom is -0.454 e. The average molecular weight is 481 g/mol. The second-order valence-electron chi connectivity index (χ2n) is 8.89. The summed E-state index contributed by atoms with van der Waals surface area (Å²) in [5.41, 5.74) is 6.20. The third-order valence-corrected chi connectivity index (χ3v) is 6.65. The lowest BCUT2D eigenvalue weighted by molar-refractivity contribution is 0.174. The quantitative estimate of drug-likeness (QED) is 0.398. The van der Waals surface area contributed by atoms with Crippen molar-refractivity contribution in [2.24, 2.45) is 0 Å². The number of carbonyl (C=O) groups is 1. The van der Waals surface area contributed by atoms with Crippen LogP contribution in [0.25, 0.3) is 17.0 Å². The van der Waals surface area contributed by atoms with Gasteiger partial charge in [-0.15, -0.1) is 0 Å². The van der Waals surface area contributed by atoms with Gasteiger partial charge in [0, 0.05) is 11.3 Å². The Labute approximate surface area is 208 Å². The monoisotopic (exact) mass is 480 g/mol. The summed E-state index contributed by atoms with van der Waals surface area (Å²) in [5.74, 6) is 2.08. The molecule has 6 rings (SSSR count). The maximum absolute atomic E-state index is 13.3. The summed E-state index contributed by atoms with van der Waals surface area (Å²) >= 11 is 0. The smallest absolute Gasteiger partial charge is 0.326 e. The van der Waals surface area contributed by atoms with Crippen LogP contribution in [0, 0.1) is 13.8 Å². The van der Waals surface area contributed by atoms with Crippen molar-refractivity contribution in [3.05, 3.63) is 95.0 Å². The fraction of sp³-hybridized carbons (Fsp3) is 0.179. The van der Waals surface area contributed by atoms with Crippen molar-refractivity contribution >= 4 is 17.3 Å². The number of nitrogens with one attached hydrogen (secondary N) is 1. The van der Waals surface area contributed by atoms with Gasteiger partial charge in [-0.2, -0.15) is 4.98 Å².